The molecule has 3 N–H and O–H groups in total. The molecule has 0 fully saturated rings. The van der Waals surface area contributed by atoms with Gasteiger partial charge in [0.1, 0.15) is 0 Å². The van der Waals surface area contributed by atoms with E-state index in [2.05, 4.69) is 21.2 Å². The van der Waals surface area contributed by atoms with Crippen LogP contribution in [0.5, 0.6) is 11.5 Å². The van der Waals surface area contributed by atoms with Crippen LogP contribution in [-0.2, 0) is 10.0 Å². The monoisotopic (exact) mass is 398 g/mol. The summed E-state index contributed by atoms with van der Waals surface area (Å²) in [5.74, 6) is 0.588. The third kappa shape index (κ3) is 3.16. The van der Waals surface area contributed by atoms with E-state index in [0.717, 1.165) is 0 Å². The maximum atomic E-state index is 12.3. The van der Waals surface area contributed by atoms with Crippen molar-refractivity contribution in [3.8, 4) is 11.5 Å². The van der Waals surface area contributed by atoms with E-state index in [4.69, 9.17) is 14.6 Å². The summed E-state index contributed by atoms with van der Waals surface area (Å²) in [5, 5.41) is 7.78. The van der Waals surface area contributed by atoms with E-state index in [0.29, 0.717) is 17.2 Å². The second-order valence-electron chi connectivity index (χ2n) is 4.68. The van der Waals surface area contributed by atoms with E-state index in [-0.39, 0.29) is 21.7 Å². The molecule has 0 unspecified atom stereocenters. The molecular formula is C14H11BrN2O5S. The van der Waals surface area contributed by atoms with Gasteiger partial charge in [-0.3, -0.25) is 4.79 Å². The van der Waals surface area contributed by atoms with Crippen molar-refractivity contribution < 1.29 is 22.7 Å². The lowest BCUT2D eigenvalue weighted by Gasteiger charge is -2.09. The summed E-state index contributed by atoms with van der Waals surface area (Å²) in [7, 11) is -3.86. The highest BCUT2D eigenvalue weighted by molar-refractivity contribution is 9.10. The molecule has 0 atom stereocenters. The van der Waals surface area contributed by atoms with Crippen molar-refractivity contribution in [1.82, 2.24) is 0 Å². The Bertz CT molecular complexity index is 898. The Labute approximate surface area is 140 Å². The van der Waals surface area contributed by atoms with Gasteiger partial charge in [0.05, 0.1) is 10.6 Å². The number of halogens is 1. The molecule has 9 heteroatoms. The number of hydrogen-bond donors (Lipinski definition) is 2. The molecule has 0 spiro atoms. The van der Waals surface area contributed by atoms with Gasteiger partial charge in [-0.25, -0.2) is 13.6 Å². The molecule has 1 heterocycles. The number of rotatable bonds is 3. The van der Waals surface area contributed by atoms with Gasteiger partial charge in [-0.05, 0) is 46.3 Å². The fourth-order valence-corrected chi connectivity index (χ4v) is 3.74. The van der Waals surface area contributed by atoms with E-state index in [1.54, 1.807) is 18.2 Å². The molecule has 0 radical (unpaired) electrons. The predicted octanol–water partition coefficient (Wildman–Crippen LogP) is 2.08. The molecular weight excluding hydrogens is 388 g/mol. The molecule has 3 rings (SSSR count). The van der Waals surface area contributed by atoms with Crippen LogP contribution in [0.2, 0.25) is 0 Å². The van der Waals surface area contributed by atoms with Crippen molar-refractivity contribution >= 4 is 37.5 Å². The van der Waals surface area contributed by atoms with Crippen LogP contribution in [0.1, 0.15) is 10.4 Å². The van der Waals surface area contributed by atoms with Crippen molar-refractivity contribution in [1.29, 1.82) is 0 Å². The highest BCUT2D eigenvalue weighted by Gasteiger charge is 2.20. The molecule has 23 heavy (non-hydrogen) atoms. The first kappa shape index (κ1) is 15.8. The first-order chi connectivity index (χ1) is 10.9. The Morgan fingerprint density at radius 1 is 1.22 bits per heavy atom. The molecule has 0 aliphatic carbocycles. The fourth-order valence-electron chi connectivity index (χ4n) is 2.10. The molecule has 7 nitrogen and oxygen atoms in total. The normalized spacial score (nSPS) is 13.0. The largest absolute Gasteiger partial charge is 0.454 e. The van der Waals surface area contributed by atoms with Gasteiger partial charge in [0.25, 0.3) is 5.91 Å². The van der Waals surface area contributed by atoms with Gasteiger partial charge in [-0.15, -0.1) is 0 Å². The van der Waals surface area contributed by atoms with Crippen LogP contribution in [-0.4, -0.2) is 21.1 Å². The number of amides is 1. The summed E-state index contributed by atoms with van der Waals surface area (Å²) in [4.78, 5) is 12.2. The smallest absolute Gasteiger partial charge is 0.255 e. The van der Waals surface area contributed by atoms with E-state index in [1.807, 2.05) is 0 Å². The molecule has 2 aromatic carbocycles. The van der Waals surface area contributed by atoms with Gasteiger partial charge < -0.3 is 14.8 Å². The van der Waals surface area contributed by atoms with Crippen LogP contribution in [0.4, 0.5) is 5.69 Å². The van der Waals surface area contributed by atoms with Gasteiger partial charge in [0.15, 0.2) is 11.5 Å². The first-order valence-corrected chi connectivity index (χ1v) is 8.72. The Balaban J connectivity index is 1.88. The minimum atomic E-state index is -3.86. The van der Waals surface area contributed by atoms with Crippen LogP contribution in [0, 0.1) is 0 Å². The summed E-state index contributed by atoms with van der Waals surface area (Å²) < 4.78 is 33.5. The number of nitrogens with one attached hydrogen (secondary N) is 1. The van der Waals surface area contributed by atoms with Crippen LogP contribution in [0.3, 0.4) is 0 Å². The van der Waals surface area contributed by atoms with Gasteiger partial charge >= 0.3 is 0 Å². The standard InChI is InChI=1S/C14H11BrN2O5S/c15-9-6-8(4-5-12(9)23(16,19)20)14(18)17-10-2-1-3-11-13(10)22-7-21-11/h1-6H,7H2,(H,17,18)(H2,16,19,20). The predicted molar refractivity (Wildman–Crippen MR) is 86.0 cm³/mol. The highest BCUT2D eigenvalue weighted by atomic mass is 79.9. The van der Waals surface area contributed by atoms with E-state index < -0.39 is 15.9 Å². The summed E-state index contributed by atoms with van der Waals surface area (Å²) in [6.07, 6.45) is 0. The number of carbonyl (C=O) groups is 1. The quantitative estimate of drug-likeness (QED) is 0.822. The minimum Gasteiger partial charge on any atom is -0.454 e. The van der Waals surface area contributed by atoms with Gasteiger partial charge in [-0.1, -0.05) is 6.07 Å². The molecule has 0 saturated heterocycles. The van der Waals surface area contributed by atoms with Gasteiger partial charge in [0.2, 0.25) is 16.8 Å². The number of carbonyl (C=O) groups excluding carboxylic acids is 1. The maximum Gasteiger partial charge on any atom is 0.255 e. The Morgan fingerprint density at radius 3 is 2.70 bits per heavy atom. The van der Waals surface area contributed by atoms with E-state index in [9.17, 15) is 13.2 Å². The summed E-state index contributed by atoms with van der Waals surface area (Å²) in [6, 6.07) is 9.16. The number of fused-ring (bicyclic) bond motifs is 1. The SMILES string of the molecule is NS(=O)(=O)c1ccc(C(=O)Nc2cccc3c2OCO3)cc1Br. The lowest BCUT2D eigenvalue weighted by molar-refractivity contribution is 0.102. The topological polar surface area (TPSA) is 108 Å². The minimum absolute atomic E-state index is 0.0913. The van der Waals surface area contributed by atoms with E-state index >= 15 is 0 Å². The number of hydrogen-bond acceptors (Lipinski definition) is 5. The second kappa shape index (κ2) is 5.84. The third-order valence-electron chi connectivity index (χ3n) is 3.15. The molecule has 0 saturated carbocycles. The van der Waals surface area contributed by atoms with E-state index in [1.165, 1.54) is 18.2 Å². The summed E-state index contributed by atoms with van der Waals surface area (Å²) in [5.41, 5.74) is 0.734. The summed E-state index contributed by atoms with van der Waals surface area (Å²) >= 11 is 3.10. The average Bonchev–Trinajstić information content (AvgIpc) is 2.95. The van der Waals surface area contributed by atoms with Crippen LogP contribution >= 0.6 is 15.9 Å². The van der Waals surface area contributed by atoms with Crippen molar-refractivity contribution in [2.75, 3.05) is 12.1 Å². The number of primary sulfonamides is 1. The second-order valence-corrected chi connectivity index (χ2v) is 7.07. The number of nitrogens with two attached hydrogens (primary N) is 1. The molecule has 2 aromatic rings. The van der Waals surface area contributed by atoms with Gasteiger partial charge in [-0.2, -0.15) is 0 Å². The molecule has 1 amide bonds. The maximum absolute atomic E-state index is 12.3. The zero-order valence-electron chi connectivity index (χ0n) is 11.6. The lowest BCUT2D eigenvalue weighted by atomic mass is 10.2. The molecule has 0 aromatic heterocycles. The highest BCUT2D eigenvalue weighted by Crippen LogP contribution is 2.39. The lowest BCUT2D eigenvalue weighted by Crippen LogP contribution is -2.15. The molecule has 0 bridgehead atoms. The van der Waals surface area contributed by atoms with Gasteiger partial charge in [0, 0.05) is 10.0 Å². The fraction of sp³-hybridized carbons (Fsp3) is 0.0714. The third-order valence-corrected chi connectivity index (χ3v) is 5.03. The first-order valence-electron chi connectivity index (χ1n) is 6.38. The Hall–Kier alpha value is -2.10. The van der Waals surface area contributed by atoms with Crippen LogP contribution < -0.4 is 19.9 Å². The summed E-state index contributed by atoms with van der Waals surface area (Å²) in [6.45, 7) is 0.0941. The number of benzene rings is 2. The zero-order chi connectivity index (χ0) is 16.6. The zero-order valence-corrected chi connectivity index (χ0v) is 14.0. The number of sulfonamides is 1. The molecule has 1 aliphatic heterocycles. The average molecular weight is 399 g/mol. The van der Waals surface area contributed by atoms with Crippen molar-refractivity contribution in [2.24, 2.45) is 5.14 Å². The number of anilines is 1. The Kier molecular flexibility index (Phi) is 4.00. The van der Waals surface area contributed by atoms with Crippen molar-refractivity contribution in [3.63, 3.8) is 0 Å². The van der Waals surface area contributed by atoms with Crippen LogP contribution in [0.25, 0.3) is 0 Å². The van der Waals surface area contributed by atoms with Crippen molar-refractivity contribution in [3.05, 3.63) is 46.4 Å². The molecule has 1 aliphatic rings. The van der Waals surface area contributed by atoms with Crippen LogP contribution in [0.15, 0.2) is 45.8 Å². The number of ether oxygens (including phenoxy) is 2. The van der Waals surface area contributed by atoms with Crippen molar-refractivity contribution in [2.45, 2.75) is 4.90 Å². The molecule has 120 valence electrons. The number of para-hydroxylation sites is 1. The Morgan fingerprint density at radius 2 is 2.00 bits per heavy atom.